The molecule has 2 aliphatic carbocycles. The van der Waals surface area contributed by atoms with E-state index in [1.807, 2.05) is 6.08 Å². The minimum Gasteiger partial charge on any atom is -0.497 e. The summed E-state index contributed by atoms with van der Waals surface area (Å²) in [5.74, 6) is 3.23. The molecule has 1 aromatic rings. The summed E-state index contributed by atoms with van der Waals surface area (Å²) in [6.07, 6.45) is 14.5. The van der Waals surface area contributed by atoms with Gasteiger partial charge < -0.3 is 14.8 Å². The zero-order valence-corrected chi connectivity index (χ0v) is 14.9. The minimum absolute atomic E-state index is 0.0219. The van der Waals surface area contributed by atoms with E-state index in [9.17, 15) is 0 Å². The number of aryl methyl sites for hydroxylation is 1. The van der Waals surface area contributed by atoms with Crippen LogP contribution in [0, 0.1) is 5.92 Å². The number of allylic oxidation sites excluding steroid dienone is 2. The first-order valence-electron chi connectivity index (χ1n) is 9.10. The number of nitrogens with zero attached hydrogens (tertiary/aromatic N) is 2. The predicted octanol–water partition coefficient (Wildman–Crippen LogP) is 3.80. The van der Waals surface area contributed by atoms with Gasteiger partial charge in [-0.1, -0.05) is 25.2 Å². The van der Waals surface area contributed by atoms with E-state index in [4.69, 9.17) is 19.4 Å². The lowest BCUT2D eigenvalue weighted by atomic mass is 10.0. The van der Waals surface area contributed by atoms with Gasteiger partial charge in [-0.05, 0) is 43.8 Å². The summed E-state index contributed by atoms with van der Waals surface area (Å²) < 4.78 is 11.2. The van der Waals surface area contributed by atoms with Crippen LogP contribution in [0.1, 0.15) is 49.4 Å². The zero-order valence-electron chi connectivity index (χ0n) is 14.9. The average Bonchev–Trinajstić information content (AvgIpc) is 3.09. The van der Waals surface area contributed by atoms with Crippen LogP contribution in [-0.4, -0.2) is 29.7 Å². The smallest absolute Gasteiger partial charge is 0.159 e. The number of hydrogen-bond acceptors (Lipinski definition) is 5. The lowest BCUT2D eigenvalue weighted by molar-refractivity contribution is 0.101. The highest BCUT2D eigenvalue weighted by molar-refractivity contribution is 5.67. The van der Waals surface area contributed by atoms with Crippen molar-refractivity contribution >= 4 is 11.9 Å². The maximum Gasteiger partial charge on any atom is 0.159 e. The van der Waals surface area contributed by atoms with Crippen molar-refractivity contribution in [3.05, 3.63) is 47.1 Å². The molecule has 0 saturated carbocycles. The minimum atomic E-state index is 0.0219. The third kappa shape index (κ3) is 3.47. The molecule has 2 heterocycles. The lowest BCUT2D eigenvalue weighted by Crippen LogP contribution is -2.22. The molecule has 0 radical (unpaired) electrons. The van der Waals surface area contributed by atoms with E-state index in [1.165, 1.54) is 0 Å². The Bertz CT molecular complexity index is 739. The Morgan fingerprint density at radius 3 is 2.92 bits per heavy atom. The Labute approximate surface area is 148 Å². The fraction of sp³-hybridized carbons (Fsp3) is 0.500. The number of hydrogen-bond donors (Lipinski definition) is 1. The summed E-state index contributed by atoms with van der Waals surface area (Å²) in [5, 5.41) is 3.58. The molecule has 3 unspecified atom stereocenters. The maximum atomic E-state index is 5.91. The molecule has 4 rings (SSSR count). The molecule has 0 aromatic carbocycles. The molecule has 0 amide bonds. The van der Waals surface area contributed by atoms with Gasteiger partial charge in [0.05, 0.1) is 19.4 Å². The van der Waals surface area contributed by atoms with Crippen LogP contribution < -0.4 is 5.32 Å². The largest absolute Gasteiger partial charge is 0.497 e. The highest BCUT2D eigenvalue weighted by Gasteiger charge is 2.28. The zero-order chi connectivity index (χ0) is 17.2. The van der Waals surface area contributed by atoms with Gasteiger partial charge >= 0.3 is 0 Å². The highest BCUT2D eigenvalue weighted by atomic mass is 16.5. The molecule has 3 aliphatic rings. The standard InChI is InChI=1S/C20H25N3O2/c1-13-11-18(25-12-13)20-22-17-6-4-3-5-16(17)19(23-20)21-14-7-9-15(24-2)10-8-14/h3,5,7,9-10,13-14,18H,4,6,8,11-12H2,1-2H3,(H,21,22,23). The monoisotopic (exact) mass is 339 g/mol. The van der Waals surface area contributed by atoms with Gasteiger partial charge in [0.15, 0.2) is 5.82 Å². The molecule has 5 heteroatoms. The lowest BCUT2D eigenvalue weighted by Gasteiger charge is -2.22. The van der Waals surface area contributed by atoms with E-state index >= 15 is 0 Å². The second kappa shape index (κ2) is 7.00. The van der Waals surface area contributed by atoms with Crippen molar-refractivity contribution in [3.8, 4) is 0 Å². The van der Waals surface area contributed by atoms with Crippen molar-refractivity contribution in [1.29, 1.82) is 0 Å². The van der Waals surface area contributed by atoms with Crippen molar-refractivity contribution in [2.24, 2.45) is 5.92 Å². The van der Waals surface area contributed by atoms with Gasteiger partial charge in [-0.15, -0.1) is 0 Å². The Kier molecular flexibility index (Phi) is 4.57. The molecule has 1 aromatic heterocycles. The van der Waals surface area contributed by atoms with E-state index in [0.29, 0.717) is 5.92 Å². The SMILES string of the molecule is COC1=CCC(Nc2nc(C3CC(C)CO3)nc3c2C=CCC3)C=C1. The van der Waals surface area contributed by atoms with Gasteiger partial charge in [-0.25, -0.2) is 9.97 Å². The summed E-state index contributed by atoms with van der Waals surface area (Å²) in [6.45, 7) is 3.01. The predicted molar refractivity (Wildman–Crippen MR) is 98.1 cm³/mol. The molecular formula is C20H25N3O2. The van der Waals surface area contributed by atoms with Crippen LogP contribution in [0.2, 0.25) is 0 Å². The second-order valence-electron chi connectivity index (χ2n) is 7.05. The van der Waals surface area contributed by atoms with E-state index in [-0.39, 0.29) is 12.1 Å². The highest BCUT2D eigenvalue weighted by Crippen LogP contribution is 2.33. The van der Waals surface area contributed by atoms with Gasteiger partial charge in [0.1, 0.15) is 17.7 Å². The number of fused-ring (bicyclic) bond motifs is 1. The van der Waals surface area contributed by atoms with Crippen LogP contribution in [0.25, 0.3) is 6.08 Å². The molecule has 1 N–H and O–H groups in total. The van der Waals surface area contributed by atoms with Gasteiger partial charge in [-0.2, -0.15) is 0 Å². The van der Waals surface area contributed by atoms with Crippen molar-refractivity contribution in [3.63, 3.8) is 0 Å². The van der Waals surface area contributed by atoms with Crippen molar-refractivity contribution in [2.45, 2.75) is 44.8 Å². The van der Waals surface area contributed by atoms with Gasteiger partial charge in [-0.3, -0.25) is 0 Å². The van der Waals surface area contributed by atoms with Gasteiger partial charge in [0.25, 0.3) is 0 Å². The third-order valence-electron chi connectivity index (χ3n) is 4.98. The molecule has 1 saturated heterocycles. The van der Waals surface area contributed by atoms with E-state index in [1.54, 1.807) is 7.11 Å². The molecule has 25 heavy (non-hydrogen) atoms. The molecule has 0 bridgehead atoms. The van der Waals surface area contributed by atoms with Crippen LogP contribution in [-0.2, 0) is 15.9 Å². The average molecular weight is 339 g/mol. The fourth-order valence-corrected chi connectivity index (χ4v) is 3.57. The molecule has 0 spiro atoms. The first kappa shape index (κ1) is 16.3. The molecule has 3 atom stereocenters. The van der Waals surface area contributed by atoms with Crippen LogP contribution in [0.3, 0.4) is 0 Å². The molecular weight excluding hydrogens is 314 g/mol. The number of nitrogens with one attached hydrogen (secondary N) is 1. The number of anilines is 1. The van der Waals surface area contributed by atoms with Crippen molar-refractivity contribution < 1.29 is 9.47 Å². The molecule has 1 fully saturated rings. The quantitative estimate of drug-likeness (QED) is 0.904. The number of rotatable bonds is 4. The van der Waals surface area contributed by atoms with E-state index in [2.05, 4.69) is 36.5 Å². The number of methoxy groups -OCH3 is 1. The van der Waals surface area contributed by atoms with Crippen LogP contribution in [0.5, 0.6) is 0 Å². The normalized spacial score (nSPS) is 27.8. The van der Waals surface area contributed by atoms with Crippen LogP contribution in [0.4, 0.5) is 5.82 Å². The second-order valence-corrected chi connectivity index (χ2v) is 7.05. The fourth-order valence-electron chi connectivity index (χ4n) is 3.57. The third-order valence-corrected chi connectivity index (χ3v) is 4.98. The molecule has 5 nitrogen and oxygen atoms in total. The van der Waals surface area contributed by atoms with Crippen LogP contribution >= 0.6 is 0 Å². The molecule has 1 aliphatic heterocycles. The van der Waals surface area contributed by atoms with E-state index in [0.717, 1.165) is 60.9 Å². The first-order chi connectivity index (χ1) is 12.2. The van der Waals surface area contributed by atoms with Crippen molar-refractivity contribution in [1.82, 2.24) is 9.97 Å². The Morgan fingerprint density at radius 2 is 2.20 bits per heavy atom. The number of aromatic nitrogens is 2. The van der Waals surface area contributed by atoms with Crippen molar-refractivity contribution in [2.75, 3.05) is 19.0 Å². The Morgan fingerprint density at radius 1 is 1.28 bits per heavy atom. The first-order valence-corrected chi connectivity index (χ1v) is 9.10. The summed E-state index contributed by atoms with van der Waals surface area (Å²) in [4.78, 5) is 9.68. The molecule has 132 valence electrons. The maximum absolute atomic E-state index is 5.91. The Hall–Kier alpha value is -2.14. The Balaban J connectivity index is 1.61. The summed E-state index contributed by atoms with van der Waals surface area (Å²) >= 11 is 0. The number of ether oxygens (including phenoxy) is 2. The summed E-state index contributed by atoms with van der Waals surface area (Å²) in [7, 11) is 1.70. The summed E-state index contributed by atoms with van der Waals surface area (Å²) in [5.41, 5.74) is 2.25. The van der Waals surface area contributed by atoms with Crippen LogP contribution in [0.15, 0.2) is 30.1 Å². The topological polar surface area (TPSA) is 56.3 Å². The van der Waals surface area contributed by atoms with E-state index < -0.39 is 0 Å². The van der Waals surface area contributed by atoms with Gasteiger partial charge in [0.2, 0.25) is 0 Å². The van der Waals surface area contributed by atoms with Gasteiger partial charge in [0, 0.05) is 11.6 Å². The summed E-state index contributed by atoms with van der Waals surface area (Å²) in [6, 6.07) is 0.212.